The lowest BCUT2D eigenvalue weighted by molar-refractivity contribution is -0.247. The molecule has 0 bridgehead atoms. The van der Waals surface area contributed by atoms with Crippen molar-refractivity contribution in [2.45, 2.75) is 65.3 Å². The maximum atomic E-state index is 11.8. The molecule has 0 radical (unpaired) electrons. The summed E-state index contributed by atoms with van der Waals surface area (Å²) in [5.41, 5.74) is 1.62. The van der Waals surface area contributed by atoms with Crippen LogP contribution in [-0.4, -0.2) is 61.1 Å². The van der Waals surface area contributed by atoms with E-state index in [1.807, 2.05) is 25.1 Å². The van der Waals surface area contributed by atoms with Crippen molar-refractivity contribution in [2.24, 2.45) is 0 Å². The van der Waals surface area contributed by atoms with Gasteiger partial charge in [-0.1, -0.05) is 12.1 Å². The van der Waals surface area contributed by atoms with Crippen LogP contribution in [0.5, 0.6) is 0 Å². The van der Waals surface area contributed by atoms with E-state index in [0.29, 0.717) is 5.69 Å². The number of anilines is 1. The van der Waals surface area contributed by atoms with Crippen molar-refractivity contribution < 1.29 is 42.9 Å². The molecule has 1 aromatic rings. The molecule has 1 N–H and O–H groups in total. The SMILES string of the molecule is CC(=O)OC[C@@H]1O[C@@H](Nc2cccc(C)c2)[C@@H](OC(C)=O)[C@H](OC(C)=O)[C@@H]1OC(C)=O. The Morgan fingerprint density at radius 2 is 1.45 bits per heavy atom. The largest absolute Gasteiger partial charge is 0.463 e. The summed E-state index contributed by atoms with van der Waals surface area (Å²) in [6.07, 6.45) is -5.53. The average molecular weight is 437 g/mol. The van der Waals surface area contributed by atoms with Crippen molar-refractivity contribution >= 4 is 29.6 Å². The highest BCUT2D eigenvalue weighted by molar-refractivity contribution is 5.69. The molecule has 0 unspecified atom stereocenters. The van der Waals surface area contributed by atoms with Crippen LogP contribution in [0.15, 0.2) is 24.3 Å². The number of esters is 4. The van der Waals surface area contributed by atoms with Gasteiger partial charge in [-0.3, -0.25) is 19.2 Å². The Hall–Kier alpha value is -3.14. The second kappa shape index (κ2) is 10.8. The molecule has 31 heavy (non-hydrogen) atoms. The first-order valence-corrected chi connectivity index (χ1v) is 9.70. The van der Waals surface area contributed by atoms with Crippen molar-refractivity contribution in [1.82, 2.24) is 0 Å². The monoisotopic (exact) mass is 437 g/mol. The number of benzene rings is 1. The number of carbonyl (C=O) groups excluding carboxylic acids is 4. The van der Waals surface area contributed by atoms with Crippen molar-refractivity contribution in [3.8, 4) is 0 Å². The van der Waals surface area contributed by atoms with Crippen molar-refractivity contribution in [1.29, 1.82) is 0 Å². The Morgan fingerprint density at radius 3 is 2.00 bits per heavy atom. The van der Waals surface area contributed by atoms with Gasteiger partial charge in [-0.25, -0.2) is 0 Å². The maximum absolute atomic E-state index is 11.8. The molecule has 0 amide bonds. The molecule has 0 spiro atoms. The molecule has 2 rings (SSSR count). The van der Waals surface area contributed by atoms with E-state index in [1.54, 1.807) is 6.07 Å². The lowest BCUT2D eigenvalue weighted by Gasteiger charge is -2.44. The normalized spacial score (nSPS) is 25.1. The lowest BCUT2D eigenvalue weighted by Crippen LogP contribution is -2.64. The molecular formula is C21H27NO9. The lowest BCUT2D eigenvalue weighted by atomic mass is 9.97. The molecule has 1 fully saturated rings. The first-order valence-electron chi connectivity index (χ1n) is 9.70. The van der Waals surface area contributed by atoms with Gasteiger partial charge in [0.2, 0.25) is 0 Å². The predicted octanol–water partition coefficient (Wildman–Crippen LogP) is 1.49. The van der Waals surface area contributed by atoms with Crippen LogP contribution >= 0.6 is 0 Å². The van der Waals surface area contributed by atoms with Gasteiger partial charge < -0.3 is 29.0 Å². The molecule has 10 heteroatoms. The van der Waals surface area contributed by atoms with Gasteiger partial charge in [0.15, 0.2) is 24.5 Å². The standard InChI is InChI=1S/C21H27NO9/c1-11-7-6-8-16(9-11)22-21-20(30-15(5)26)19(29-14(4)25)18(28-13(3)24)17(31-21)10-27-12(2)23/h6-9,17-22H,10H2,1-5H3/t17-,18+,19+,20-,21+/m0/s1. The number of rotatable bonds is 7. The van der Waals surface area contributed by atoms with Crippen LogP contribution in [0.2, 0.25) is 0 Å². The summed E-state index contributed by atoms with van der Waals surface area (Å²) >= 11 is 0. The molecule has 1 aliphatic heterocycles. The average Bonchev–Trinajstić information content (AvgIpc) is 2.64. The summed E-state index contributed by atoms with van der Waals surface area (Å²) in [6, 6.07) is 7.34. The Balaban J connectivity index is 2.44. The van der Waals surface area contributed by atoms with E-state index in [-0.39, 0.29) is 6.61 Å². The number of aryl methyl sites for hydroxylation is 1. The van der Waals surface area contributed by atoms with Crippen molar-refractivity contribution in [3.05, 3.63) is 29.8 Å². The smallest absolute Gasteiger partial charge is 0.303 e. The zero-order chi connectivity index (χ0) is 23.1. The molecule has 1 aliphatic rings. The van der Waals surface area contributed by atoms with Crippen molar-refractivity contribution in [3.63, 3.8) is 0 Å². The minimum Gasteiger partial charge on any atom is -0.463 e. The molecule has 0 aliphatic carbocycles. The summed E-state index contributed by atoms with van der Waals surface area (Å²) in [4.78, 5) is 46.7. The van der Waals surface area contributed by atoms with Crippen LogP contribution in [-0.2, 0) is 42.9 Å². The van der Waals surface area contributed by atoms with Gasteiger partial charge in [-0.05, 0) is 24.6 Å². The van der Waals surface area contributed by atoms with Crippen LogP contribution in [0.1, 0.15) is 33.3 Å². The number of ether oxygens (including phenoxy) is 5. The molecule has 170 valence electrons. The zero-order valence-corrected chi connectivity index (χ0v) is 18.1. The predicted molar refractivity (Wildman–Crippen MR) is 107 cm³/mol. The highest BCUT2D eigenvalue weighted by atomic mass is 16.7. The zero-order valence-electron chi connectivity index (χ0n) is 18.1. The second-order valence-electron chi connectivity index (χ2n) is 7.13. The minimum absolute atomic E-state index is 0.274. The molecule has 10 nitrogen and oxygen atoms in total. The van der Waals surface area contributed by atoms with Crippen LogP contribution in [0.3, 0.4) is 0 Å². The van der Waals surface area contributed by atoms with Gasteiger partial charge in [0.25, 0.3) is 0 Å². The third-order valence-electron chi connectivity index (χ3n) is 4.32. The Bertz CT molecular complexity index is 825. The van der Waals surface area contributed by atoms with E-state index < -0.39 is 54.5 Å². The van der Waals surface area contributed by atoms with E-state index in [4.69, 9.17) is 23.7 Å². The van der Waals surface area contributed by atoms with E-state index in [9.17, 15) is 19.2 Å². The summed E-state index contributed by atoms with van der Waals surface area (Å²) in [5, 5.41) is 3.10. The molecule has 0 saturated carbocycles. The summed E-state index contributed by atoms with van der Waals surface area (Å²) in [5.74, 6) is -2.58. The third-order valence-corrected chi connectivity index (χ3v) is 4.32. The molecule has 1 heterocycles. The van der Waals surface area contributed by atoms with E-state index in [2.05, 4.69) is 5.32 Å². The first-order chi connectivity index (χ1) is 14.6. The highest BCUT2D eigenvalue weighted by Crippen LogP contribution is 2.30. The Kier molecular flexibility index (Phi) is 8.38. The fraction of sp³-hybridized carbons (Fsp3) is 0.524. The quantitative estimate of drug-likeness (QED) is 0.495. The molecular weight excluding hydrogens is 410 g/mol. The van der Waals surface area contributed by atoms with Crippen molar-refractivity contribution in [2.75, 3.05) is 11.9 Å². The van der Waals surface area contributed by atoms with Gasteiger partial charge in [0.1, 0.15) is 12.7 Å². The third kappa shape index (κ3) is 7.25. The molecule has 5 atom stereocenters. The highest BCUT2D eigenvalue weighted by Gasteiger charge is 2.52. The van der Waals surface area contributed by atoms with Crippen LogP contribution in [0.25, 0.3) is 0 Å². The van der Waals surface area contributed by atoms with Crippen LogP contribution in [0.4, 0.5) is 5.69 Å². The number of hydrogen-bond acceptors (Lipinski definition) is 10. The molecule has 1 saturated heterocycles. The van der Waals surface area contributed by atoms with Gasteiger partial charge in [0, 0.05) is 33.4 Å². The fourth-order valence-electron chi connectivity index (χ4n) is 3.24. The van der Waals surface area contributed by atoms with E-state index >= 15 is 0 Å². The summed E-state index contributed by atoms with van der Waals surface area (Å²) in [7, 11) is 0. The summed E-state index contributed by atoms with van der Waals surface area (Å²) < 4.78 is 27.2. The first kappa shape index (κ1) is 24.1. The molecule has 1 aromatic carbocycles. The summed E-state index contributed by atoms with van der Waals surface area (Å²) in [6.45, 7) is 6.39. The Labute approximate surface area is 180 Å². The Morgan fingerprint density at radius 1 is 0.871 bits per heavy atom. The van der Waals surface area contributed by atoms with Gasteiger partial charge in [-0.2, -0.15) is 0 Å². The van der Waals surface area contributed by atoms with Crippen LogP contribution in [0, 0.1) is 6.92 Å². The van der Waals surface area contributed by atoms with Gasteiger partial charge >= 0.3 is 23.9 Å². The number of hydrogen-bond donors (Lipinski definition) is 1. The van der Waals surface area contributed by atoms with Gasteiger partial charge in [0.05, 0.1) is 0 Å². The second-order valence-corrected chi connectivity index (χ2v) is 7.13. The number of carbonyl (C=O) groups is 4. The van der Waals surface area contributed by atoms with E-state index in [0.717, 1.165) is 5.56 Å². The fourth-order valence-corrected chi connectivity index (χ4v) is 3.24. The molecule has 0 aromatic heterocycles. The topological polar surface area (TPSA) is 126 Å². The minimum atomic E-state index is -1.21. The van der Waals surface area contributed by atoms with E-state index in [1.165, 1.54) is 27.7 Å². The van der Waals surface area contributed by atoms with Crippen LogP contribution < -0.4 is 5.32 Å². The van der Waals surface area contributed by atoms with Gasteiger partial charge in [-0.15, -0.1) is 0 Å². The maximum Gasteiger partial charge on any atom is 0.303 e. The number of nitrogens with one attached hydrogen (secondary N) is 1.